The van der Waals surface area contributed by atoms with Crippen LogP contribution in [0.2, 0.25) is 0 Å². The summed E-state index contributed by atoms with van der Waals surface area (Å²) >= 11 is 1.56. The zero-order chi connectivity index (χ0) is 39.5. The number of nitrogens with one attached hydrogen (secondary N) is 2. The molecule has 6 aromatic rings. The number of aromatic nitrogens is 2. The molecule has 3 fully saturated rings. The molecule has 4 aliphatic heterocycles. The Labute approximate surface area is 341 Å². The smallest absolute Gasteiger partial charge is 0.328 e. The zero-order valence-electron chi connectivity index (χ0n) is 32.9. The van der Waals surface area contributed by atoms with E-state index in [1.54, 1.807) is 22.4 Å². The molecule has 0 radical (unpaired) electrons. The lowest BCUT2D eigenvalue weighted by Crippen LogP contribution is -2.49. The molecule has 4 amide bonds. The highest BCUT2D eigenvalue weighted by Gasteiger charge is 2.30. The predicted molar refractivity (Wildman–Crippen MR) is 234 cm³/mol. The van der Waals surface area contributed by atoms with Crippen LogP contribution in [0.5, 0.6) is 0 Å². The molecule has 7 heterocycles. The van der Waals surface area contributed by atoms with E-state index >= 15 is 0 Å². The van der Waals surface area contributed by atoms with Crippen molar-refractivity contribution in [2.75, 3.05) is 85.6 Å². The highest BCUT2D eigenvalue weighted by Crippen LogP contribution is 2.43. The molecule has 3 saturated heterocycles. The highest BCUT2D eigenvalue weighted by molar-refractivity contribution is 7.21. The molecule has 3 aromatic heterocycles. The van der Waals surface area contributed by atoms with Gasteiger partial charge in [0.2, 0.25) is 5.91 Å². The topological polar surface area (TPSA) is 117 Å². The van der Waals surface area contributed by atoms with E-state index in [-0.39, 0.29) is 30.3 Å². The third-order valence-electron chi connectivity index (χ3n) is 12.5. The van der Waals surface area contributed by atoms with Gasteiger partial charge in [0.05, 0.1) is 28.8 Å². The van der Waals surface area contributed by atoms with Crippen LogP contribution in [-0.4, -0.2) is 105 Å². The fraction of sp³-hybridized carbons (Fsp3) is 0.356. The maximum atomic E-state index is 13.0. The summed E-state index contributed by atoms with van der Waals surface area (Å²) in [6.45, 7) is 10.3. The van der Waals surface area contributed by atoms with Gasteiger partial charge in [-0.1, -0.05) is 24.3 Å². The average molecular weight is 794 g/mol. The molecule has 12 nitrogen and oxygen atoms in total. The Morgan fingerprint density at radius 1 is 0.793 bits per heavy atom. The number of hydrogen-bond acceptors (Lipinski definition) is 10. The fourth-order valence-corrected chi connectivity index (χ4v) is 10.7. The standard InChI is InChI=1S/C45H47N9O3S/c1-28-26-50(2)42-41-33-10-11-35(48-36(33)12-13-39(41)58-43(42)44(56)47-28)30-6-8-31(9-7-30)52-17-14-29(15-18-52)27-51-20-22-53(23-21-51)37-5-3-4-32-34(37)24-46-25-38(32)54-19-16-40(55)49-45(54)57/h3-13,24-25,28-29H,14-23,26-27H2,1-2H3,(H,47,56)(H,49,55,57)/t28-/m1/s1. The third kappa shape index (κ3) is 6.65. The van der Waals surface area contributed by atoms with Gasteiger partial charge in [0.15, 0.2) is 0 Å². The van der Waals surface area contributed by atoms with Gasteiger partial charge in [0.1, 0.15) is 4.88 Å². The largest absolute Gasteiger partial charge is 0.372 e. The molecule has 10 rings (SSSR count). The Kier molecular flexibility index (Phi) is 9.36. The average Bonchev–Trinajstić information content (AvgIpc) is 3.60. The van der Waals surface area contributed by atoms with Crippen LogP contribution in [0.3, 0.4) is 0 Å². The number of carbonyl (C=O) groups excluding carboxylic acids is 3. The van der Waals surface area contributed by atoms with Crippen LogP contribution in [0.15, 0.2) is 79.1 Å². The number of piperidine rings is 1. The number of hydrogen-bond donors (Lipinski definition) is 2. The summed E-state index contributed by atoms with van der Waals surface area (Å²) in [7, 11) is 2.07. The number of anilines is 4. The lowest BCUT2D eigenvalue weighted by molar-refractivity contribution is -0.120. The first-order valence-electron chi connectivity index (χ1n) is 20.5. The van der Waals surface area contributed by atoms with Crippen molar-refractivity contribution in [3.8, 4) is 11.3 Å². The molecule has 1 atom stereocenters. The number of urea groups is 1. The van der Waals surface area contributed by atoms with Gasteiger partial charge in [-0.25, -0.2) is 9.78 Å². The Bertz CT molecular complexity index is 2580. The number of thiophene rings is 1. The van der Waals surface area contributed by atoms with Crippen molar-refractivity contribution in [2.24, 2.45) is 5.92 Å². The van der Waals surface area contributed by atoms with Crippen molar-refractivity contribution in [3.63, 3.8) is 0 Å². The first-order chi connectivity index (χ1) is 28.3. The monoisotopic (exact) mass is 793 g/mol. The van der Waals surface area contributed by atoms with Crippen LogP contribution in [-0.2, 0) is 4.79 Å². The number of pyridine rings is 2. The number of carbonyl (C=O) groups is 3. The second kappa shape index (κ2) is 14.9. The van der Waals surface area contributed by atoms with Crippen molar-refractivity contribution in [2.45, 2.75) is 32.2 Å². The van der Waals surface area contributed by atoms with Crippen LogP contribution in [0.4, 0.5) is 27.5 Å². The molecule has 0 spiro atoms. The van der Waals surface area contributed by atoms with Crippen molar-refractivity contribution in [3.05, 3.63) is 84.0 Å². The van der Waals surface area contributed by atoms with Gasteiger partial charge in [-0.15, -0.1) is 11.3 Å². The van der Waals surface area contributed by atoms with E-state index in [9.17, 15) is 14.4 Å². The van der Waals surface area contributed by atoms with Crippen LogP contribution >= 0.6 is 11.3 Å². The number of nitrogens with zero attached hydrogens (tertiary/aromatic N) is 7. The normalized spacial score (nSPS) is 19.8. The van der Waals surface area contributed by atoms with Gasteiger partial charge in [0.25, 0.3) is 5.91 Å². The van der Waals surface area contributed by atoms with E-state index < -0.39 is 0 Å². The third-order valence-corrected chi connectivity index (χ3v) is 13.6. The molecule has 296 valence electrons. The Morgan fingerprint density at radius 3 is 2.40 bits per heavy atom. The van der Waals surface area contributed by atoms with E-state index in [1.807, 2.05) is 19.2 Å². The number of imide groups is 1. The SMILES string of the molecule is C[C@@H]1CN(C)c2c(sc3ccc4nc(-c5ccc(N6CCC(CN7CCN(c8cccc9c(N%10CCC(=O)NC%10=O)cncc89)CC7)CC6)cc5)ccc4c23)C(=O)N1. The molecule has 0 saturated carbocycles. The first kappa shape index (κ1) is 36.5. The van der Waals surface area contributed by atoms with Gasteiger partial charge >= 0.3 is 6.03 Å². The Morgan fingerprint density at radius 2 is 1.60 bits per heavy atom. The van der Waals surface area contributed by atoms with Crippen molar-refractivity contribution in [1.29, 1.82) is 0 Å². The molecular formula is C45H47N9O3S. The highest BCUT2D eigenvalue weighted by atomic mass is 32.1. The van der Waals surface area contributed by atoms with E-state index in [0.29, 0.717) is 12.5 Å². The van der Waals surface area contributed by atoms with Gasteiger partial charge in [-0.2, -0.15) is 0 Å². The molecule has 4 aliphatic rings. The molecular weight excluding hydrogens is 747 g/mol. The summed E-state index contributed by atoms with van der Waals surface area (Å²) in [6.07, 6.45) is 6.26. The lowest BCUT2D eigenvalue weighted by atomic mass is 9.95. The minimum atomic E-state index is -0.389. The second-order valence-corrected chi connectivity index (χ2v) is 17.3. The van der Waals surface area contributed by atoms with E-state index in [0.717, 1.165) is 117 Å². The number of likely N-dealkylation sites (N-methyl/N-ethyl adjacent to an activating group) is 1. The molecule has 0 unspecified atom stereocenters. The van der Waals surface area contributed by atoms with Crippen LogP contribution in [0.25, 0.3) is 43.0 Å². The lowest BCUT2D eigenvalue weighted by Gasteiger charge is -2.40. The van der Waals surface area contributed by atoms with Crippen molar-refractivity contribution in [1.82, 2.24) is 25.5 Å². The summed E-state index contributed by atoms with van der Waals surface area (Å²) in [4.78, 5) is 59.2. The number of piperazine rings is 1. The molecule has 13 heteroatoms. The minimum absolute atomic E-state index is 0.00516. The van der Waals surface area contributed by atoms with Crippen molar-refractivity contribution < 1.29 is 14.4 Å². The first-order valence-corrected chi connectivity index (χ1v) is 21.3. The summed E-state index contributed by atoms with van der Waals surface area (Å²) < 4.78 is 1.11. The van der Waals surface area contributed by atoms with Gasteiger partial charge in [-0.3, -0.25) is 29.7 Å². The quantitative estimate of drug-likeness (QED) is 0.190. The summed E-state index contributed by atoms with van der Waals surface area (Å²) in [6, 6.07) is 23.3. The molecule has 0 aliphatic carbocycles. The zero-order valence-corrected chi connectivity index (χ0v) is 33.7. The maximum absolute atomic E-state index is 13.0. The number of fused-ring (bicyclic) bond motifs is 6. The minimum Gasteiger partial charge on any atom is -0.372 e. The van der Waals surface area contributed by atoms with Crippen LogP contribution in [0.1, 0.15) is 35.9 Å². The molecule has 2 N–H and O–H groups in total. The van der Waals surface area contributed by atoms with E-state index in [4.69, 9.17) is 4.98 Å². The summed E-state index contributed by atoms with van der Waals surface area (Å²) in [5.41, 5.74) is 7.14. The van der Waals surface area contributed by atoms with Gasteiger partial charge < -0.3 is 20.0 Å². The second-order valence-electron chi connectivity index (χ2n) is 16.3. The number of amides is 4. The van der Waals surface area contributed by atoms with E-state index in [1.165, 1.54) is 18.5 Å². The van der Waals surface area contributed by atoms with Gasteiger partial charge in [0, 0.05) is 128 Å². The van der Waals surface area contributed by atoms with Crippen molar-refractivity contribution >= 4 is 83.7 Å². The predicted octanol–water partition coefficient (Wildman–Crippen LogP) is 6.72. The summed E-state index contributed by atoms with van der Waals surface area (Å²) in [5.74, 6) is 0.445. The fourth-order valence-electron chi connectivity index (χ4n) is 9.50. The van der Waals surface area contributed by atoms with E-state index in [2.05, 4.69) is 103 Å². The Balaban J connectivity index is 0.755. The molecule has 0 bridgehead atoms. The number of rotatable bonds is 6. The van der Waals surface area contributed by atoms with Crippen LogP contribution < -0.4 is 30.2 Å². The maximum Gasteiger partial charge on any atom is 0.328 e. The Hall–Kier alpha value is -5.79. The van der Waals surface area contributed by atoms with Gasteiger partial charge in [-0.05, 0) is 68.1 Å². The summed E-state index contributed by atoms with van der Waals surface area (Å²) in [5, 5.41) is 9.76. The van der Waals surface area contributed by atoms with Crippen LogP contribution in [0, 0.1) is 5.92 Å². The molecule has 3 aromatic carbocycles. The molecule has 58 heavy (non-hydrogen) atoms. The number of benzene rings is 3.